The minimum atomic E-state index is -0.439. The van der Waals surface area contributed by atoms with Crippen molar-refractivity contribution in [2.75, 3.05) is 25.9 Å². The van der Waals surface area contributed by atoms with Gasteiger partial charge in [-0.2, -0.15) is 0 Å². The van der Waals surface area contributed by atoms with E-state index in [1.165, 1.54) is 0 Å². The molecule has 0 atom stereocenters. The van der Waals surface area contributed by atoms with Crippen LogP contribution in [0.4, 0.5) is 0 Å². The van der Waals surface area contributed by atoms with Gasteiger partial charge >= 0.3 is 5.97 Å². The quantitative estimate of drug-likeness (QED) is 0.448. The molecule has 0 spiro atoms. The highest BCUT2D eigenvalue weighted by Crippen LogP contribution is 2.02. The molecule has 1 saturated heterocycles. The van der Waals surface area contributed by atoms with E-state index < -0.39 is 5.97 Å². The van der Waals surface area contributed by atoms with Crippen molar-refractivity contribution >= 4 is 17.6 Å². The van der Waals surface area contributed by atoms with Crippen LogP contribution in [0.25, 0.3) is 0 Å². The number of alkyl halides is 1. The van der Waals surface area contributed by atoms with Crippen LogP contribution in [0.15, 0.2) is 0 Å². The number of hydrogen-bond acceptors (Lipinski definition) is 4. The van der Waals surface area contributed by atoms with E-state index in [-0.39, 0.29) is 18.8 Å². The van der Waals surface area contributed by atoms with Gasteiger partial charge in [0, 0.05) is 0 Å². The number of carbonyl (C=O) groups excluding carboxylic acids is 1. The molecule has 0 aromatic heterocycles. The van der Waals surface area contributed by atoms with Crippen molar-refractivity contribution in [1.82, 2.24) is 0 Å². The average Bonchev–Trinajstić information content (AvgIpc) is 2.06. The summed E-state index contributed by atoms with van der Waals surface area (Å²) in [6, 6.07) is 0. The maximum atomic E-state index is 10.6. The summed E-state index contributed by atoms with van der Waals surface area (Å²) in [6.45, 7) is 1.06. The third kappa shape index (κ3) is 3.05. The zero-order valence-electron chi connectivity index (χ0n) is 5.92. The molecule has 0 aliphatic carbocycles. The Morgan fingerprint density at radius 3 is 2.73 bits per heavy atom. The molecule has 0 bridgehead atoms. The molecule has 1 aliphatic rings. The first-order chi connectivity index (χ1) is 5.33. The molecule has 0 amide bonds. The van der Waals surface area contributed by atoms with Gasteiger partial charge in [0.25, 0.3) is 0 Å². The lowest BCUT2D eigenvalue weighted by Crippen LogP contribution is -2.33. The second-order valence-electron chi connectivity index (χ2n) is 2.10. The van der Waals surface area contributed by atoms with Gasteiger partial charge in [0.1, 0.15) is 18.8 Å². The molecule has 5 heteroatoms. The number of halogens is 1. The Hall–Kier alpha value is -0.320. The molecule has 0 radical (unpaired) electrons. The van der Waals surface area contributed by atoms with Crippen LogP contribution in [0, 0.1) is 0 Å². The van der Waals surface area contributed by atoms with E-state index in [2.05, 4.69) is 0 Å². The van der Waals surface area contributed by atoms with Gasteiger partial charge in [-0.15, -0.1) is 11.6 Å². The number of rotatable bonds is 2. The smallest absolute Gasteiger partial charge is 0.321 e. The van der Waals surface area contributed by atoms with Gasteiger partial charge in [-0.1, -0.05) is 0 Å². The fourth-order valence-electron chi connectivity index (χ4n) is 0.752. The largest absolute Gasteiger partial charge is 0.457 e. The molecule has 0 unspecified atom stereocenters. The van der Waals surface area contributed by atoms with Gasteiger partial charge in [-0.3, -0.25) is 4.79 Å². The minimum absolute atomic E-state index is 0.128. The van der Waals surface area contributed by atoms with Crippen LogP contribution >= 0.6 is 11.6 Å². The molecule has 0 saturated carbocycles. The summed E-state index contributed by atoms with van der Waals surface area (Å²) in [7, 11) is 0. The van der Waals surface area contributed by atoms with E-state index >= 15 is 0 Å². The van der Waals surface area contributed by atoms with Crippen molar-refractivity contribution in [1.29, 1.82) is 0 Å². The van der Waals surface area contributed by atoms with Crippen molar-refractivity contribution in [2.24, 2.45) is 0 Å². The summed E-state index contributed by atoms with van der Waals surface area (Å²) in [5.74, 6) is -0.568. The summed E-state index contributed by atoms with van der Waals surface area (Å²) in [4.78, 5) is 10.6. The fourth-order valence-corrected chi connectivity index (χ4v) is 0.815. The van der Waals surface area contributed by atoms with Gasteiger partial charge in [0.15, 0.2) is 0 Å². The van der Waals surface area contributed by atoms with E-state index in [0.717, 1.165) is 0 Å². The predicted molar refractivity (Wildman–Crippen MR) is 37.4 cm³/mol. The van der Waals surface area contributed by atoms with Gasteiger partial charge in [-0.25, -0.2) is 0 Å². The average molecular weight is 181 g/mol. The summed E-state index contributed by atoms with van der Waals surface area (Å²) in [5, 5.41) is 0. The van der Waals surface area contributed by atoms with E-state index in [4.69, 9.17) is 25.8 Å². The van der Waals surface area contributed by atoms with E-state index in [1.807, 2.05) is 0 Å². The molecule has 1 fully saturated rings. The maximum absolute atomic E-state index is 10.6. The fraction of sp³-hybridized carbons (Fsp3) is 0.833. The van der Waals surface area contributed by atoms with Crippen molar-refractivity contribution in [3.8, 4) is 0 Å². The van der Waals surface area contributed by atoms with Gasteiger partial charge in [-0.05, 0) is 0 Å². The topological polar surface area (TPSA) is 44.8 Å². The van der Waals surface area contributed by atoms with Crippen molar-refractivity contribution in [3.63, 3.8) is 0 Å². The molecule has 64 valence electrons. The lowest BCUT2D eigenvalue weighted by Gasteiger charge is -2.21. The Morgan fingerprint density at radius 2 is 2.18 bits per heavy atom. The van der Waals surface area contributed by atoms with Gasteiger partial charge in [0.05, 0.1) is 13.2 Å². The lowest BCUT2D eigenvalue weighted by molar-refractivity contribution is -0.181. The van der Waals surface area contributed by atoms with E-state index in [1.54, 1.807) is 0 Å². The standard InChI is InChI=1S/C6H9ClO4/c7-1-6(8)11-5-2-9-4-10-3-5/h5H,1-4H2. The highest BCUT2D eigenvalue weighted by molar-refractivity contribution is 6.26. The molecule has 1 heterocycles. The Bertz CT molecular complexity index is 133. The molecule has 0 aromatic rings. The Balaban J connectivity index is 2.19. The minimum Gasteiger partial charge on any atom is -0.457 e. The highest BCUT2D eigenvalue weighted by atomic mass is 35.5. The van der Waals surface area contributed by atoms with Crippen molar-refractivity contribution in [2.45, 2.75) is 6.10 Å². The highest BCUT2D eigenvalue weighted by Gasteiger charge is 2.17. The van der Waals surface area contributed by atoms with Gasteiger partial charge in [0.2, 0.25) is 0 Å². The predicted octanol–water partition coefficient (Wildman–Crippen LogP) is 0.141. The molecule has 0 N–H and O–H groups in total. The second kappa shape index (κ2) is 4.54. The van der Waals surface area contributed by atoms with Crippen LogP contribution < -0.4 is 0 Å². The van der Waals surface area contributed by atoms with Crippen molar-refractivity contribution in [3.05, 3.63) is 0 Å². The molecular weight excluding hydrogens is 172 g/mol. The molecule has 1 rings (SSSR count). The summed E-state index contributed by atoms with van der Waals surface area (Å²) >= 11 is 5.22. The van der Waals surface area contributed by atoms with Crippen LogP contribution in [0.2, 0.25) is 0 Å². The molecule has 1 aliphatic heterocycles. The van der Waals surface area contributed by atoms with E-state index in [0.29, 0.717) is 13.2 Å². The summed E-state index contributed by atoms with van der Waals surface area (Å²) in [6.07, 6.45) is -0.296. The first-order valence-corrected chi connectivity index (χ1v) is 3.77. The molecule has 0 aromatic carbocycles. The van der Waals surface area contributed by atoms with Crippen LogP contribution in [0.1, 0.15) is 0 Å². The number of ether oxygens (including phenoxy) is 3. The third-order valence-electron chi connectivity index (χ3n) is 1.18. The Morgan fingerprint density at radius 1 is 1.55 bits per heavy atom. The number of hydrogen-bond donors (Lipinski definition) is 0. The number of esters is 1. The lowest BCUT2D eigenvalue weighted by atomic mass is 10.4. The third-order valence-corrected chi connectivity index (χ3v) is 1.40. The van der Waals surface area contributed by atoms with Crippen LogP contribution in [0.5, 0.6) is 0 Å². The van der Waals surface area contributed by atoms with E-state index in [9.17, 15) is 4.79 Å². The summed E-state index contributed by atoms with van der Waals surface area (Å²) in [5.41, 5.74) is 0. The zero-order chi connectivity index (χ0) is 8.10. The number of carbonyl (C=O) groups is 1. The molecule has 11 heavy (non-hydrogen) atoms. The first kappa shape index (κ1) is 8.77. The SMILES string of the molecule is O=C(CCl)OC1COCOC1. The molecular formula is C6H9ClO4. The maximum Gasteiger partial charge on any atom is 0.321 e. The van der Waals surface area contributed by atoms with Gasteiger partial charge < -0.3 is 14.2 Å². The normalized spacial score (nSPS) is 19.7. The first-order valence-electron chi connectivity index (χ1n) is 3.24. The summed E-state index contributed by atoms with van der Waals surface area (Å²) < 4.78 is 14.6. The van der Waals surface area contributed by atoms with Crippen molar-refractivity contribution < 1.29 is 19.0 Å². The Kier molecular flexibility index (Phi) is 3.62. The second-order valence-corrected chi connectivity index (χ2v) is 2.37. The molecule has 4 nitrogen and oxygen atoms in total. The monoisotopic (exact) mass is 180 g/mol. The van der Waals surface area contributed by atoms with Crippen LogP contribution in [-0.4, -0.2) is 38.0 Å². The van der Waals surface area contributed by atoms with Crippen LogP contribution in [-0.2, 0) is 19.0 Å². The van der Waals surface area contributed by atoms with Crippen LogP contribution in [0.3, 0.4) is 0 Å². The zero-order valence-corrected chi connectivity index (χ0v) is 6.67. The Labute approximate surface area is 69.4 Å².